The van der Waals surface area contributed by atoms with Gasteiger partial charge in [-0.3, -0.25) is 0 Å². The number of benzene rings is 1. The Kier molecular flexibility index (Phi) is 2.88. The molecule has 0 radical (unpaired) electrons. The average molecular weight is 206 g/mol. The zero-order valence-electron chi connectivity index (χ0n) is 6.89. The molecular weight excluding hydrogens is 196 g/mol. The maximum absolute atomic E-state index is 13.0. The first-order valence-corrected chi connectivity index (χ1v) is 3.90. The molecule has 0 aliphatic heterocycles. The van der Waals surface area contributed by atoms with Crippen LogP contribution in [0.15, 0.2) is 12.1 Å². The van der Waals surface area contributed by atoms with Crippen LogP contribution in [-0.2, 0) is 12.8 Å². The summed E-state index contributed by atoms with van der Waals surface area (Å²) in [7, 11) is 0. The second kappa shape index (κ2) is 3.60. The Labute approximate surface area is 81.3 Å². The zero-order valence-corrected chi connectivity index (χ0v) is 7.70. The summed E-state index contributed by atoms with van der Waals surface area (Å²) in [4.78, 5) is 0. The van der Waals surface area contributed by atoms with Crippen LogP contribution in [0.2, 0.25) is 0 Å². The second-order valence-electron chi connectivity index (χ2n) is 3.17. The van der Waals surface area contributed by atoms with Crippen LogP contribution in [0.5, 0.6) is 0 Å². The molecule has 0 saturated carbocycles. The van der Waals surface area contributed by atoms with Gasteiger partial charge in [-0.1, -0.05) is 6.07 Å². The molecule has 72 valence electrons. The smallest absolute Gasteiger partial charge is 0.162 e. The molecule has 1 aromatic carbocycles. The fraction of sp³-hybridized carbons (Fsp3) is 0.333. The van der Waals surface area contributed by atoms with Gasteiger partial charge in [-0.2, -0.15) is 0 Å². The highest BCUT2D eigenvalue weighted by Crippen LogP contribution is 2.25. The number of rotatable bonds is 0. The normalized spacial score (nSPS) is 19.5. The fourth-order valence-electron chi connectivity index (χ4n) is 1.66. The summed E-state index contributed by atoms with van der Waals surface area (Å²) < 4.78 is 25.7. The Balaban J connectivity index is 0.000000845. The van der Waals surface area contributed by atoms with Crippen molar-refractivity contribution in [2.24, 2.45) is 5.73 Å². The molecule has 0 bridgehead atoms. The minimum absolute atomic E-state index is 0. The van der Waals surface area contributed by atoms with E-state index in [0.29, 0.717) is 18.4 Å². The third-order valence-corrected chi connectivity index (χ3v) is 2.24. The number of hydrogen-bond donors (Lipinski definition) is 1. The number of halogens is 3. The minimum Gasteiger partial charge on any atom is -0.327 e. The van der Waals surface area contributed by atoms with Crippen LogP contribution in [0, 0.1) is 11.6 Å². The van der Waals surface area contributed by atoms with E-state index in [1.807, 2.05) is 0 Å². The Morgan fingerprint density at radius 2 is 1.92 bits per heavy atom. The maximum Gasteiger partial charge on any atom is 0.162 e. The van der Waals surface area contributed by atoms with Crippen LogP contribution >= 0.6 is 12.4 Å². The van der Waals surface area contributed by atoms with E-state index in [4.69, 9.17) is 5.73 Å². The van der Waals surface area contributed by atoms with Crippen molar-refractivity contribution in [1.29, 1.82) is 0 Å². The standard InChI is InChI=1S/C9H9F2N.ClH/c10-8-2-1-5-3-6(12)4-7(5)9(8)11;/h1-2,6H,3-4,12H2;1H. The fourth-order valence-corrected chi connectivity index (χ4v) is 1.66. The van der Waals surface area contributed by atoms with Gasteiger partial charge in [0.1, 0.15) is 0 Å². The predicted octanol–water partition coefficient (Wildman–Crippen LogP) is 1.81. The van der Waals surface area contributed by atoms with Crippen molar-refractivity contribution in [3.05, 3.63) is 34.9 Å². The van der Waals surface area contributed by atoms with E-state index >= 15 is 0 Å². The van der Waals surface area contributed by atoms with Gasteiger partial charge in [0.25, 0.3) is 0 Å². The van der Waals surface area contributed by atoms with Gasteiger partial charge in [0.05, 0.1) is 0 Å². The lowest BCUT2D eigenvalue weighted by molar-refractivity contribution is 0.499. The lowest BCUT2D eigenvalue weighted by Gasteiger charge is -1.99. The number of fused-ring (bicyclic) bond motifs is 1. The van der Waals surface area contributed by atoms with Crippen molar-refractivity contribution < 1.29 is 8.78 Å². The lowest BCUT2D eigenvalue weighted by atomic mass is 10.1. The van der Waals surface area contributed by atoms with Crippen LogP contribution in [0.25, 0.3) is 0 Å². The maximum atomic E-state index is 13.0. The van der Waals surface area contributed by atoms with Crippen LogP contribution in [0.3, 0.4) is 0 Å². The molecule has 1 aliphatic rings. The van der Waals surface area contributed by atoms with Crippen LogP contribution in [0.1, 0.15) is 11.1 Å². The van der Waals surface area contributed by atoms with Gasteiger partial charge in [-0.05, 0) is 30.0 Å². The molecule has 0 amide bonds. The molecule has 0 heterocycles. The zero-order chi connectivity index (χ0) is 8.72. The first-order valence-electron chi connectivity index (χ1n) is 3.90. The lowest BCUT2D eigenvalue weighted by Crippen LogP contribution is -2.19. The number of hydrogen-bond acceptors (Lipinski definition) is 1. The molecule has 1 unspecified atom stereocenters. The molecule has 0 saturated heterocycles. The Bertz CT molecular complexity index is 328. The summed E-state index contributed by atoms with van der Waals surface area (Å²) in [5.74, 6) is -1.50. The average Bonchev–Trinajstić information content (AvgIpc) is 2.39. The molecule has 1 aromatic rings. The highest BCUT2D eigenvalue weighted by molar-refractivity contribution is 5.85. The van der Waals surface area contributed by atoms with Crippen molar-refractivity contribution in [1.82, 2.24) is 0 Å². The molecule has 2 N–H and O–H groups in total. The summed E-state index contributed by atoms with van der Waals surface area (Å²) in [6.45, 7) is 0. The SMILES string of the molecule is Cl.NC1Cc2ccc(F)c(F)c2C1. The Morgan fingerprint density at radius 3 is 2.62 bits per heavy atom. The van der Waals surface area contributed by atoms with Crippen molar-refractivity contribution in [2.45, 2.75) is 18.9 Å². The first-order chi connectivity index (χ1) is 5.68. The highest BCUT2D eigenvalue weighted by atomic mass is 35.5. The van der Waals surface area contributed by atoms with Crippen molar-refractivity contribution in [2.75, 3.05) is 0 Å². The summed E-state index contributed by atoms with van der Waals surface area (Å²) in [6.07, 6.45) is 1.12. The minimum atomic E-state index is -0.775. The van der Waals surface area contributed by atoms with Gasteiger partial charge in [0.2, 0.25) is 0 Å². The van der Waals surface area contributed by atoms with E-state index in [0.717, 1.165) is 11.6 Å². The third kappa shape index (κ3) is 1.67. The van der Waals surface area contributed by atoms with Crippen LogP contribution in [-0.4, -0.2) is 6.04 Å². The van der Waals surface area contributed by atoms with Gasteiger partial charge in [-0.15, -0.1) is 12.4 Å². The monoisotopic (exact) mass is 205 g/mol. The summed E-state index contributed by atoms with van der Waals surface area (Å²) in [6, 6.07) is 2.73. The predicted molar refractivity (Wildman–Crippen MR) is 49.0 cm³/mol. The molecule has 0 fully saturated rings. The van der Waals surface area contributed by atoms with Gasteiger partial charge in [0, 0.05) is 6.04 Å². The first kappa shape index (κ1) is 10.4. The van der Waals surface area contributed by atoms with Gasteiger partial charge < -0.3 is 5.73 Å². The largest absolute Gasteiger partial charge is 0.327 e. The van der Waals surface area contributed by atoms with Crippen molar-refractivity contribution >= 4 is 12.4 Å². The molecule has 1 nitrogen and oxygen atoms in total. The molecule has 1 atom stereocenters. The topological polar surface area (TPSA) is 26.0 Å². The van der Waals surface area contributed by atoms with Crippen molar-refractivity contribution in [3.8, 4) is 0 Å². The molecule has 2 rings (SSSR count). The molecule has 0 spiro atoms. The van der Waals surface area contributed by atoms with E-state index in [2.05, 4.69) is 0 Å². The molecule has 13 heavy (non-hydrogen) atoms. The Morgan fingerprint density at radius 1 is 1.23 bits per heavy atom. The quantitative estimate of drug-likeness (QED) is 0.687. The van der Waals surface area contributed by atoms with E-state index < -0.39 is 11.6 Å². The summed E-state index contributed by atoms with van der Waals surface area (Å²) in [5.41, 5.74) is 6.92. The number of nitrogens with two attached hydrogens (primary N) is 1. The third-order valence-electron chi connectivity index (χ3n) is 2.24. The summed E-state index contributed by atoms with van der Waals surface area (Å²) in [5, 5.41) is 0. The molecule has 0 aromatic heterocycles. The van der Waals surface area contributed by atoms with Crippen LogP contribution in [0.4, 0.5) is 8.78 Å². The van der Waals surface area contributed by atoms with Gasteiger partial charge in [0.15, 0.2) is 11.6 Å². The van der Waals surface area contributed by atoms with E-state index in [-0.39, 0.29) is 18.4 Å². The Hall–Kier alpha value is -0.670. The van der Waals surface area contributed by atoms with E-state index in [1.54, 1.807) is 6.07 Å². The van der Waals surface area contributed by atoms with Gasteiger partial charge >= 0.3 is 0 Å². The molecule has 1 aliphatic carbocycles. The summed E-state index contributed by atoms with van der Waals surface area (Å²) >= 11 is 0. The molecular formula is C9H10ClF2N. The highest BCUT2D eigenvalue weighted by Gasteiger charge is 2.22. The van der Waals surface area contributed by atoms with Crippen LogP contribution < -0.4 is 5.73 Å². The second-order valence-corrected chi connectivity index (χ2v) is 3.17. The van der Waals surface area contributed by atoms with E-state index in [1.165, 1.54) is 0 Å². The van der Waals surface area contributed by atoms with E-state index in [9.17, 15) is 8.78 Å². The van der Waals surface area contributed by atoms with Crippen molar-refractivity contribution in [3.63, 3.8) is 0 Å². The molecule has 4 heteroatoms. The van der Waals surface area contributed by atoms with Gasteiger partial charge in [-0.25, -0.2) is 8.78 Å².